The minimum atomic E-state index is 0.240. The first-order valence-electron chi connectivity index (χ1n) is 5.58. The largest absolute Gasteiger partial charge is 0.380 e. The summed E-state index contributed by atoms with van der Waals surface area (Å²) in [6, 6.07) is 2.33. The Morgan fingerprint density at radius 1 is 1.56 bits per heavy atom. The van der Waals surface area contributed by atoms with Gasteiger partial charge in [0.25, 0.3) is 0 Å². The third kappa shape index (κ3) is 2.32. The van der Waals surface area contributed by atoms with Gasteiger partial charge in [-0.2, -0.15) is 0 Å². The van der Waals surface area contributed by atoms with Crippen LogP contribution in [-0.4, -0.2) is 35.4 Å². The number of aryl methyl sites for hydroxylation is 1. The number of hydrogen-bond acceptors (Lipinski definition) is 3. The summed E-state index contributed by atoms with van der Waals surface area (Å²) in [7, 11) is 1.86. The lowest BCUT2D eigenvalue weighted by Gasteiger charge is -2.31. The highest BCUT2D eigenvalue weighted by Gasteiger charge is 2.22. The standard InChI is InChI=1S/C12H17N3O/c1-9-7-13-6-5-11(9)14-10-3-4-12(16)15(2)8-10/h5-7,10H,3-4,8H2,1-2H3,(H,13,14). The average molecular weight is 219 g/mol. The summed E-state index contributed by atoms with van der Waals surface area (Å²) in [5.41, 5.74) is 2.25. The molecule has 1 aliphatic heterocycles. The van der Waals surface area contributed by atoms with Crippen molar-refractivity contribution >= 4 is 11.6 Å². The van der Waals surface area contributed by atoms with Crippen LogP contribution in [0.3, 0.4) is 0 Å². The zero-order valence-corrected chi connectivity index (χ0v) is 9.73. The molecule has 4 nitrogen and oxygen atoms in total. The number of pyridine rings is 1. The maximum absolute atomic E-state index is 11.3. The summed E-state index contributed by atoms with van der Waals surface area (Å²) < 4.78 is 0. The predicted octanol–water partition coefficient (Wildman–Crippen LogP) is 1.42. The molecule has 1 aromatic rings. The molecule has 4 heteroatoms. The van der Waals surface area contributed by atoms with Crippen molar-refractivity contribution in [1.82, 2.24) is 9.88 Å². The summed E-state index contributed by atoms with van der Waals surface area (Å²) >= 11 is 0. The van der Waals surface area contributed by atoms with E-state index in [4.69, 9.17) is 0 Å². The summed E-state index contributed by atoms with van der Waals surface area (Å²) in [5.74, 6) is 0.240. The lowest BCUT2D eigenvalue weighted by atomic mass is 10.1. The zero-order chi connectivity index (χ0) is 11.5. The summed E-state index contributed by atoms with van der Waals surface area (Å²) in [4.78, 5) is 17.2. The topological polar surface area (TPSA) is 45.2 Å². The van der Waals surface area contributed by atoms with Crippen LogP contribution >= 0.6 is 0 Å². The maximum Gasteiger partial charge on any atom is 0.222 e. The fourth-order valence-corrected chi connectivity index (χ4v) is 1.99. The molecule has 2 rings (SSSR count). The first-order chi connectivity index (χ1) is 7.66. The van der Waals surface area contributed by atoms with Crippen molar-refractivity contribution in [3.63, 3.8) is 0 Å². The van der Waals surface area contributed by atoms with E-state index in [0.717, 1.165) is 24.2 Å². The van der Waals surface area contributed by atoms with Crippen LogP contribution in [0, 0.1) is 6.92 Å². The predicted molar refractivity (Wildman–Crippen MR) is 63.3 cm³/mol. The molecule has 2 heterocycles. The number of likely N-dealkylation sites (N-methyl/N-ethyl adjacent to an activating group) is 1. The van der Waals surface area contributed by atoms with Gasteiger partial charge in [0, 0.05) is 44.1 Å². The molecular weight excluding hydrogens is 202 g/mol. The van der Waals surface area contributed by atoms with Crippen molar-refractivity contribution in [3.05, 3.63) is 24.0 Å². The smallest absolute Gasteiger partial charge is 0.222 e. The van der Waals surface area contributed by atoms with E-state index in [1.807, 2.05) is 26.2 Å². The van der Waals surface area contributed by atoms with E-state index in [9.17, 15) is 4.79 Å². The Morgan fingerprint density at radius 2 is 2.38 bits per heavy atom. The lowest BCUT2D eigenvalue weighted by molar-refractivity contribution is -0.132. The van der Waals surface area contributed by atoms with Crippen LogP contribution in [-0.2, 0) is 4.79 Å². The lowest BCUT2D eigenvalue weighted by Crippen LogP contribution is -2.43. The Balaban J connectivity index is 2.01. The Hall–Kier alpha value is -1.58. The van der Waals surface area contributed by atoms with Crippen LogP contribution in [0.2, 0.25) is 0 Å². The average Bonchev–Trinajstić information content (AvgIpc) is 2.27. The Kier molecular flexibility index (Phi) is 3.08. The van der Waals surface area contributed by atoms with Crippen LogP contribution in [0.4, 0.5) is 5.69 Å². The Bertz CT molecular complexity index is 392. The van der Waals surface area contributed by atoms with Gasteiger partial charge in [0.1, 0.15) is 0 Å². The minimum absolute atomic E-state index is 0.240. The number of piperidine rings is 1. The Morgan fingerprint density at radius 3 is 3.06 bits per heavy atom. The molecule has 0 aliphatic carbocycles. The van der Waals surface area contributed by atoms with Crippen molar-refractivity contribution < 1.29 is 4.79 Å². The molecule has 0 spiro atoms. The maximum atomic E-state index is 11.3. The SMILES string of the molecule is Cc1cnccc1NC1CCC(=O)N(C)C1. The number of aromatic nitrogens is 1. The van der Waals surface area contributed by atoms with E-state index >= 15 is 0 Å². The molecule has 0 bridgehead atoms. The first-order valence-corrected chi connectivity index (χ1v) is 5.58. The van der Waals surface area contributed by atoms with Gasteiger partial charge in [-0.15, -0.1) is 0 Å². The molecule has 1 unspecified atom stereocenters. The second-order valence-corrected chi connectivity index (χ2v) is 4.34. The molecule has 1 fully saturated rings. The number of nitrogens with zero attached hydrogens (tertiary/aromatic N) is 2. The number of amides is 1. The zero-order valence-electron chi connectivity index (χ0n) is 9.73. The van der Waals surface area contributed by atoms with E-state index in [1.54, 1.807) is 11.1 Å². The van der Waals surface area contributed by atoms with Gasteiger partial charge in [-0.3, -0.25) is 9.78 Å². The Labute approximate surface area is 95.7 Å². The highest BCUT2D eigenvalue weighted by Crippen LogP contribution is 2.18. The molecule has 1 aliphatic rings. The fraction of sp³-hybridized carbons (Fsp3) is 0.500. The molecule has 86 valence electrons. The highest BCUT2D eigenvalue weighted by molar-refractivity contribution is 5.77. The second-order valence-electron chi connectivity index (χ2n) is 4.34. The van der Waals surface area contributed by atoms with Gasteiger partial charge < -0.3 is 10.2 Å². The number of hydrogen-bond donors (Lipinski definition) is 1. The van der Waals surface area contributed by atoms with Crippen molar-refractivity contribution in [1.29, 1.82) is 0 Å². The second kappa shape index (κ2) is 4.51. The monoisotopic (exact) mass is 219 g/mol. The van der Waals surface area contributed by atoms with Crippen molar-refractivity contribution in [2.45, 2.75) is 25.8 Å². The molecular formula is C12H17N3O. The number of carbonyl (C=O) groups is 1. The van der Waals surface area contributed by atoms with E-state index in [-0.39, 0.29) is 5.91 Å². The van der Waals surface area contributed by atoms with Gasteiger partial charge in [0.2, 0.25) is 5.91 Å². The van der Waals surface area contributed by atoms with Crippen LogP contribution in [0.15, 0.2) is 18.5 Å². The molecule has 1 N–H and O–H groups in total. The first kappa shape index (κ1) is 10.9. The summed E-state index contributed by atoms with van der Waals surface area (Å²) in [6.07, 6.45) is 5.18. The highest BCUT2D eigenvalue weighted by atomic mass is 16.2. The van der Waals surface area contributed by atoms with Crippen LogP contribution in [0.25, 0.3) is 0 Å². The quantitative estimate of drug-likeness (QED) is 0.818. The normalized spacial score (nSPS) is 21.0. The minimum Gasteiger partial charge on any atom is -0.380 e. The van der Waals surface area contributed by atoms with Crippen LogP contribution < -0.4 is 5.32 Å². The van der Waals surface area contributed by atoms with E-state index in [2.05, 4.69) is 10.3 Å². The van der Waals surface area contributed by atoms with Gasteiger partial charge in [0.15, 0.2) is 0 Å². The summed E-state index contributed by atoms with van der Waals surface area (Å²) in [6.45, 7) is 2.81. The van der Waals surface area contributed by atoms with Crippen molar-refractivity contribution in [3.8, 4) is 0 Å². The van der Waals surface area contributed by atoms with Crippen molar-refractivity contribution in [2.75, 3.05) is 18.9 Å². The van der Waals surface area contributed by atoms with Crippen LogP contribution in [0.1, 0.15) is 18.4 Å². The van der Waals surface area contributed by atoms with Gasteiger partial charge in [-0.1, -0.05) is 0 Å². The molecule has 0 saturated carbocycles. The molecule has 1 atom stereocenters. The number of carbonyl (C=O) groups excluding carboxylic acids is 1. The third-order valence-corrected chi connectivity index (χ3v) is 3.01. The molecule has 1 saturated heterocycles. The van der Waals surface area contributed by atoms with Crippen molar-refractivity contribution in [2.24, 2.45) is 0 Å². The van der Waals surface area contributed by atoms with Gasteiger partial charge in [-0.05, 0) is 25.0 Å². The van der Waals surface area contributed by atoms with Crippen LogP contribution in [0.5, 0.6) is 0 Å². The summed E-state index contributed by atoms with van der Waals surface area (Å²) in [5, 5.41) is 3.47. The number of anilines is 1. The fourth-order valence-electron chi connectivity index (χ4n) is 1.99. The number of likely N-dealkylation sites (tertiary alicyclic amines) is 1. The third-order valence-electron chi connectivity index (χ3n) is 3.01. The molecule has 1 amide bonds. The van der Waals surface area contributed by atoms with Gasteiger partial charge in [0.05, 0.1) is 0 Å². The van der Waals surface area contributed by atoms with Gasteiger partial charge >= 0.3 is 0 Å². The van der Waals surface area contributed by atoms with E-state index < -0.39 is 0 Å². The molecule has 16 heavy (non-hydrogen) atoms. The van der Waals surface area contributed by atoms with E-state index in [0.29, 0.717) is 12.5 Å². The number of rotatable bonds is 2. The molecule has 1 aromatic heterocycles. The molecule has 0 aromatic carbocycles. The number of nitrogens with one attached hydrogen (secondary N) is 1. The van der Waals surface area contributed by atoms with E-state index in [1.165, 1.54) is 0 Å². The van der Waals surface area contributed by atoms with Gasteiger partial charge in [-0.25, -0.2) is 0 Å². The molecule has 0 radical (unpaired) electrons.